The Morgan fingerprint density at radius 3 is 2.68 bits per heavy atom. The number of rotatable bonds is 5. The molecule has 0 radical (unpaired) electrons. The first-order valence-corrected chi connectivity index (χ1v) is 7.08. The predicted molar refractivity (Wildman–Crippen MR) is 78.5 cm³/mol. The molecule has 1 atom stereocenters. The molecule has 1 aromatic carbocycles. The van der Waals surface area contributed by atoms with E-state index in [4.69, 9.17) is 0 Å². The molecule has 0 amide bonds. The Balaban J connectivity index is 2.21. The number of hydrogen-bond donors (Lipinski definition) is 1. The van der Waals surface area contributed by atoms with Gasteiger partial charge in [-0.15, -0.1) is 0 Å². The maximum Gasteiger partial charge on any atom is 0.141 e. The Morgan fingerprint density at radius 2 is 2.05 bits per heavy atom. The average molecular weight is 323 g/mol. The molecule has 100 valence electrons. The minimum absolute atomic E-state index is 0.0873. The van der Waals surface area contributed by atoms with Crippen molar-refractivity contribution in [3.63, 3.8) is 0 Å². The summed E-state index contributed by atoms with van der Waals surface area (Å²) in [4.78, 5) is 4.17. The summed E-state index contributed by atoms with van der Waals surface area (Å²) in [5.74, 6) is -0.306. The normalized spacial score (nSPS) is 12.4. The van der Waals surface area contributed by atoms with Crippen LogP contribution in [0.1, 0.15) is 24.2 Å². The SMILES string of the molecule is CCNC(Cc1ccccc1Br)c1ccc(F)cn1. The van der Waals surface area contributed by atoms with Crippen molar-refractivity contribution >= 4 is 15.9 Å². The summed E-state index contributed by atoms with van der Waals surface area (Å²) in [5.41, 5.74) is 2.07. The van der Waals surface area contributed by atoms with Crippen LogP contribution in [0.2, 0.25) is 0 Å². The van der Waals surface area contributed by atoms with Crippen molar-refractivity contribution in [2.45, 2.75) is 19.4 Å². The van der Waals surface area contributed by atoms with E-state index < -0.39 is 0 Å². The number of likely N-dealkylation sites (N-methyl/N-ethyl adjacent to an activating group) is 1. The number of benzene rings is 1. The van der Waals surface area contributed by atoms with Gasteiger partial charge in [-0.1, -0.05) is 41.1 Å². The molecule has 2 nitrogen and oxygen atoms in total. The third kappa shape index (κ3) is 3.85. The van der Waals surface area contributed by atoms with E-state index in [0.717, 1.165) is 23.1 Å². The summed E-state index contributed by atoms with van der Waals surface area (Å²) >= 11 is 3.55. The van der Waals surface area contributed by atoms with Gasteiger partial charge in [0.1, 0.15) is 5.82 Å². The predicted octanol–water partition coefficient (Wildman–Crippen LogP) is 3.88. The van der Waals surface area contributed by atoms with E-state index in [1.165, 1.54) is 17.8 Å². The van der Waals surface area contributed by atoms with Crippen LogP contribution in [0.3, 0.4) is 0 Å². The Hall–Kier alpha value is -1.26. The van der Waals surface area contributed by atoms with Crippen LogP contribution in [-0.2, 0) is 6.42 Å². The molecular formula is C15H16BrFN2. The molecule has 0 aliphatic carbocycles. The number of pyridine rings is 1. The molecule has 19 heavy (non-hydrogen) atoms. The van der Waals surface area contributed by atoms with E-state index in [-0.39, 0.29) is 11.9 Å². The molecule has 0 saturated heterocycles. The summed E-state index contributed by atoms with van der Waals surface area (Å²) in [6.07, 6.45) is 2.08. The first-order chi connectivity index (χ1) is 9.20. The minimum Gasteiger partial charge on any atom is -0.309 e. The average Bonchev–Trinajstić information content (AvgIpc) is 2.42. The zero-order valence-electron chi connectivity index (χ0n) is 10.7. The van der Waals surface area contributed by atoms with Crippen LogP contribution in [0, 0.1) is 5.82 Å². The highest BCUT2D eigenvalue weighted by Crippen LogP contribution is 2.22. The van der Waals surface area contributed by atoms with Gasteiger partial charge in [0, 0.05) is 4.47 Å². The fourth-order valence-corrected chi connectivity index (χ4v) is 2.45. The molecule has 4 heteroatoms. The van der Waals surface area contributed by atoms with E-state index in [2.05, 4.69) is 39.2 Å². The van der Waals surface area contributed by atoms with Gasteiger partial charge in [-0.2, -0.15) is 0 Å². The van der Waals surface area contributed by atoms with E-state index in [9.17, 15) is 4.39 Å². The lowest BCUT2D eigenvalue weighted by atomic mass is 10.0. The lowest BCUT2D eigenvalue weighted by Crippen LogP contribution is -2.24. The van der Waals surface area contributed by atoms with Crippen LogP contribution >= 0.6 is 15.9 Å². The van der Waals surface area contributed by atoms with Gasteiger partial charge in [0.2, 0.25) is 0 Å². The van der Waals surface area contributed by atoms with Crippen molar-refractivity contribution in [2.24, 2.45) is 0 Å². The lowest BCUT2D eigenvalue weighted by molar-refractivity contribution is 0.531. The quantitative estimate of drug-likeness (QED) is 0.903. The second-order valence-corrected chi connectivity index (χ2v) is 5.16. The summed E-state index contributed by atoms with van der Waals surface area (Å²) in [6.45, 7) is 2.89. The molecule has 0 spiro atoms. The Morgan fingerprint density at radius 1 is 1.26 bits per heavy atom. The van der Waals surface area contributed by atoms with Gasteiger partial charge in [-0.25, -0.2) is 4.39 Å². The van der Waals surface area contributed by atoms with Gasteiger partial charge < -0.3 is 5.32 Å². The standard InChI is InChI=1S/C15H16BrFN2/c1-2-18-15(14-8-7-12(17)10-19-14)9-11-5-3-4-6-13(11)16/h3-8,10,15,18H,2,9H2,1H3. The second kappa shape index (κ2) is 6.78. The van der Waals surface area contributed by atoms with Crippen molar-refractivity contribution in [3.8, 4) is 0 Å². The third-order valence-electron chi connectivity index (χ3n) is 2.94. The van der Waals surface area contributed by atoms with Gasteiger partial charge in [0.05, 0.1) is 17.9 Å². The smallest absolute Gasteiger partial charge is 0.141 e. The number of nitrogens with zero attached hydrogens (tertiary/aromatic N) is 1. The van der Waals surface area contributed by atoms with E-state index in [1.54, 1.807) is 6.07 Å². The molecule has 0 aliphatic heterocycles. The van der Waals surface area contributed by atoms with Crippen molar-refractivity contribution < 1.29 is 4.39 Å². The largest absolute Gasteiger partial charge is 0.309 e. The topological polar surface area (TPSA) is 24.9 Å². The van der Waals surface area contributed by atoms with E-state index in [1.807, 2.05) is 18.2 Å². The summed E-state index contributed by atoms with van der Waals surface area (Å²) in [7, 11) is 0. The Labute approximate surface area is 121 Å². The lowest BCUT2D eigenvalue weighted by Gasteiger charge is -2.18. The van der Waals surface area contributed by atoms with Crippen molar-refractivity contribution in [1.29, 1.82) is 0 Å². The monoisotopic (exact) mass is 322 g/mol. The number of nitrogens with one attached hydrogen (secondary N) is 1. The highest BCUT2D eigenvalue weighted by molar-refractivity contribution is 9.10. The van der Waals surface area contributed by atoms with Gasteiger partial charge in [-0.3, -0.25) is 4.98 Å². The Bertz CT molecular complexity index is 528. The highest BCUT2D eigenvalue weighted by Gasteiger charge is 2.14. The molecule has 0 fully saturated rings. The van der Waals surface area contributed by atoms with E-state index in [0.29, 0.717) is 0 Å². The maximum absolute atomic E-state index is 12.9. The summed E-state index contributed by atoms with van der Waals surface area (Å²) in [6, 6.07) is 11.4. The molecule has 1 heterocycles. The first kappa shape index (κ1) is 14.2. The maximum atomic E-state index is 12.9. The van der Waals surface area contributed by atoms with Crippen LogP contribution in [0.15, 0.2) is 47.1 Å². The molecule has 0 aliphatic rings. The van der Waals surface area contributed by atoms with Gasteiger partial charge in [0.25, 0.3) is 0 Å². The van der Waals surface area contributed by atoms with Crippen molar-refractivity contribution in [3.05, 3.63) is 64.1 Å². The fraction of sp³-hybridized carbons (Fsp3) is 0.267. The molecule has 1 N–H and O–H groups in total. The van der Waals surface area contributed by atoms with Gasteiger partial charge >= 0.3 is 0 Å². The fourth-order valence-electron chi connectivity index (χ4n) is 2.00. The zero-order chi connectivity index (χ0) is 13.7. The number of halogens is 2. The third-order valence-corrected chi connectivity index (χ3v) is 3.71. The van der Waals surface area contributed by atoms with Gasteiger partial charge in [0.15, 0.2) is 0 Å². The molecule has 2 aromatic rings. The number of hydrogen-bond acceptors (Lipinski definition) is 2. The van der Waals surface area contributed by atoms with Crippen molar-refractivity contribution in [1.82, 2.24) is 10.3 Å². The highest BCUT2D eigenvalue weighted by atomic mass is 79.9. The van der Waals surface area contributed by atoms with E-state index >= 15 is 0 Å². The van der Waals surface area contributed by atoms with Crippen LogP contribution in [0.25, 0.3) is 0 Å². The Kier molecular flexibility index (Phi) is 5.05. The van der Waals surface area contributed by atoms with Crippen LogP contribution in [0.5, 0.6) is 0 Å². The molecule has 2 rings (SSSR count). The molecule has 1 unspecified atom stereocenters. The van der Waals surface area contributed by atoms with Crippen LogP contribution < -0.4 is 5.32 Å². The molecular weight excluding hydrogens is 307 g/mol. The second-order valence-electron chi connectivity index (χ2n) is 4.31. The first-order valence-electron chi connectivity index (χ1n) is 6.29. The molecule has 0 bridgehead atoms. The zero-order valence-corrected chi connectivity index (χ0v) is 12.3. The van der Waals surface area contributed by atoms with Crippen molar-refractivity contribution in [2.75, 3.05) is 6.54 Å². The van der Waals surface area contributed by atoms with Crippen LogP contribution in [-0.4, -0.2) is 11.5 Å². The van der Waals surface area contributed by atoms with Gasteiger partial charge in [-0.05, 0) is 36.7 Å². The van der Waals surface area contributed by atoms with Crippen LogP contribution in [0.4, 0.5) is 4.39 Å². The summed E-state index contributed by atoms with van der Waals surface area (Å²) < 4.78 is 14.0. The molecule has 1 aromatic heterocycles. The number of aromatic nitrogens is 1. The molecule has 0 saturated carbocycles. The summed E-state index contributed by atoms with van der Waals surface area (Å²) in [5, 5.41) is 3.39. The minimum atomic E-state index is -0.306.